The first kappa shape index (κ1) is 17.7. The van der Waals surface area contributed by atoms with E-state index in [9.17, 15) is 17.6 Å². The van der Waals surface area contributed by atoms with Crippen molar-refractivity contribution in [2.75, 3.05) is 37.7 Å². The molecule has 0 unspecified atom stereocenters. The minimum Gasteiger partial charge on any atom is -0.372 e. The average Bonchev–Trinajstić information content (AvgIpc) is 2.40. The van der Waals surface area contributed by atoms with Crippen LogP contribution in [0.1, 0.15) is 12.8 Å². The smallest absolute Gasteiger partial charge is 0.372 e. The summed E-state index contributed by atoms with van der Waals surface area (Å²) in [5.41, 5.74) is 6.15. The van der Waals surface area contributed by atoms with Crippen molar-refractivity contribution in [3.8, 4) is 0 Å². The Kier molecular flexibility index (Phi) is 7.45. The maximum Gasteiger partial charge on any atom is 0.411 e. The molecule has 0 fully saturated rings. The topological polar surface area (TPSA) is 38.5 Å². The van der Waals surface area contributed by atoms with E-state index in [2.05, 4.69) is 4.74 Å². The molecule has 120 valence electrons. The number of nitrogens with two attached hydrogens (primary N) is 1. The fourth-order valence-electron chi connectivity index (χ4n) is 1.87. The minimum absolute atomic E-state index is 0.00789. The third-order valence-electron chi connectivity index (χ3n) is 2.79. The summed E-state index contributed by atoms with van der Waals surface area (Å²) in [7, 11) is 0. The maximum absolute atomic E-state index is 13.2. The Balaban J connectivity index is 2.43. The number of anilines is 1. The predicted molar refractivity (Wildman–Crippen MR) is 73.8 cm³/mol. The summed E-state index contributed by atoms with van der Waals surface area (Å²) in [6, 6.07) is 6.10. The van der Waals surface area contributed by atoms with E-state index in [0.29, 0.717) is 31.7 Å². The van der Waals surface area contributed by atoms with Crippen molar-refractivity contribution in [1.82, 2.24) is 0 Å². The van der Waals surface area contributed by atoms with Crippen molar-refractivity contribution in [2.45, 2.75) is 19.0 Å². The Hall–Kier alpha value is -1.34. The van der Waals surface area contributed by atoms with Gasteiger partial charge in [0.1, 0.15) is 12.4 Å². The van der Waals surface area contributed by atoms with Crippen LogP contribution in [0.5, 0.6) is 0 Å². The quantitative estimate of drug-likeness (QED) is 0.563. The van der Waals surface area contributed by atoms with Crippen LogP contribution in [0.3, 0.4) is 0 Å². The van der Waals surface area contributed by atoms with E-state index in [1.54, 1.807) is 12.1 Å². The molecule has 7 heteroatoms. The lowest BCUT2D eigenvalue weighted by Gasteiger charge is -2.24. The zero-order valence-corrected chi connectivity index (χ0v) is 11.7. The van der Waals surface area contributed by atoms with Crippen LogP contribution < -0.4 is 10.6 Å². The highest BCUT2D eigenvalue weighted by Gasteiger charge is 2.27. The molecule has 0 saturated carbocycles. The lowest BCUT2D eigenvalue weighted by molar-refractivity contribution is -0.173. The van der Waals surface area contributed by atoms with Crippen molar-refractivity contribution < 1.29 is 22.3 Å². The second-order valence-corrected chi connectivity index (χ2v) is 4.63. The second kappa shape index (κ2) is 8.84. The molecule has 0 atom stereocenters. The number of ether oxygens (including phenoxy) is 1. The van der Waals surface area contributed by atoms with Crippen molar-refractivity contribution in [3.05, 3.63) is 30.1 Å². The molecule has 0 amide bonds. The van der Waals surface area contributed by atoms with Gasteiger partial charge < -0.3 is 15.4 Å². The molecule has 0 aliphatic rings. The Morgan fingerprint density at radius 1 is 1.14 bits per heavy atom. The number of benzene rings is 1. The van der Waals surface area contributed by atoms with E-state index in [1.165, 1.54) is 12.1 Å². The summed E-state index contributed by atoms with van der Waals surface area (Å²) in [5.74, 6) is -0.349. The molecule has 0 spiro atoms. The van der Waals surface area contributed by atoms with E-state index >= 15 is 0 Å². The van der Waals surface area contributed by atoms with Gasteiger partial charge in [-0.05, 0) is 37.6 Å². The van der Waals surface area contributed by atoms with Crippen LogP contribution >= 0.6 is 0 Å². The molecule has 0 aliphatic carbocycles. The van der Waals surface area contributed by atoms with Crippen LogP contribution in [0.15, 0.2) is 24.3 Å². The largest absolute Gasteiger partial charge is 0.411 e. The molecular weight excluding hydrogens is 288 g/mol. The summed E-state index contributed by atoms with van der Waals surface area (Å²) >= 11 is 0. The van der Waals surface area contributed by atoms with Crippen LogP contribution in [0.25, 0.3) is 0 Å². The minimum atomic E-state index is -4.30. The maximum atomic E-state index is 13.2. The van der Waals surface area contributed by atoms with E-state index in [0.717, 1.165) is 6.42 Å². The number of nitrogens with zero attached hydrogens (tertiary/aromatic N) is 1. The molecule has 2 N–H and O–H groups in total. The molecule has 1 aromatic carbocycles. The second-order valence-electron chi connectivity index (χ2n) is 4.63. The van der Waals surface area contributed by atoms with Crippen LogP contribution in [-0.2, 0) is 4.74 Å². The van der Waals surface area contributed by atoms with Gasteiger partial charge in [0.05, 0.1) is 0 Å². The van der Waals surface area contributed by atoms with Crippen LogP contribution in [0.2, 0.25) is 0 Å². The predicted octanol–water partition coefficient (Wildman–Crippen LogP) is 2.95. The van der Waals surface area contributed by atoms with Gasteiger partial charge in [0, 0.05) is 25.4 Å². The standard InChI is InChI=1S/C14H20F4N2O/c15-12-4-1-5-13(10-12)20(7-2-6-19)8-3-9-21-11-14(16,17)18/h1,4-5,10H,2-3,6-9,11,19H2. The van der Waals surface area contributed by atoms with Gasteiger partial charge in [0.15, 0.2) is 0 Å². The molecule has 0 radical (unpaired) electrons. The Morgan fingerprint density at radius 2 is 1.86 bits per heavy atom. The Morgan fingerprint density at radius 3 is 2.48 bits per heavy atom. The summed E-state index contributed by atoms with van der Waals surface area (Å²) < 4.78 is 53.6. The summed E-state index contributed by atoms with van der Waals surface area (Å²) in [5, 5.41) is 0. The molecule has 1 rings (SSSR count). The Bertz CT molecular complexity index is 412. The van der Waals surface area contributed by atoms with Crippen molar-refractivity contribution in [1.29, 1.82) is 0 Å². The molecule has 21 heavy (non-hydrogen) atoms. The molecular formula is C14H20F4N2O. The first-order valence-corrected chi connectivity index (χ1v) is 6.77. The number of hydrogen-bond acceptors (Lipinski definition) is 3. The summed E-state index contributed by atoms with van der Waals surface area (Å²) in [4.78, 5) is 1.90. The van der Waals surface area contributed by atoms with Gasteiger partial charge in [-0.25, -0.2) is 4.39 Å². The molecule has 3 nitrogen and oxygen atoms in total. The molecule has 0 saturated heterocycles. The normalized spacial score (nSPS) is 11.7. The number of hydrogen-bond donors (Lipinski definition) is 1. The lowest BCUT2D eigenvalue weighted by atomic mass is 10.2. The number of alkyl halides is 3. The van der Waals surface area contributed by atoms with Gasteiger partial charge in [-0.1, -0.05) is 6.07 Å². The van der Waals surface area contributed by atoms with Gasteiger partial charge in [0.2, 0.25) is 0 Å². The monoisotopic (exact) mass is 308 g/mol. The number of rotatable bonds is 9. The molecule has 0 heterocycles. The number of halogens is 4. The van der Waals surface area contributed by atoms with Crippen LogP contribution in [-0.4, -0.2) is 39.0 Å². The van der Waals surface area contributed by atoms with Gasteiger partial charge >= 0.3 is 6.18 Å². The molecule has 1 aromatic rings. The Labute approximate surface area is 121 Å². The SMILES string of the molecule is NCCCN(CCCOCC(F)(F)F)c1cccc(F)c1. The highest BCUT2D eigenvalue weighted by molar-refractivity contribution is 5.46. The van der Waals surface area contributed by atoms with E-state index in [4.69, 9.17) is 5.73 Å². The highest BCUT2D eigenvalue weighted by Crippen LogP contribution is 2.17. The molecule has 0 aliphatic heterocycles. The van der Waals surface area contributed by atoms with Crippen LogP contribution in [0, 0.1) is 5.82 Å². The average molecular weight is 308 g/mol. The zero-order chi connectivity index (χ0) is 15.7. The molecule has 0 aromatic heterocycles. The van der Waals surface area contributed by atoms with Crippen molar-refractivity contribution >= 4 is 5.69 Å². The fraction of sp³-hybridized carbons (Fsp3) is 0.571. The summed E-state index contributed by atoms with van der Waals surface area (Å²) in [6.45, 7) is 0.376. The van der Waals surface area contributed by atoms with Gasteiger partial charge in [-0.3, -0.25) is 0 Å². The lowest BCUT2D eigenvalue weighted by Crippen LogP contribution is -2.28. The third-order valence-corrected chi connectivity index (χ3v) is 2.79. The van der Waals surface area contributed by atoms with Crippen LogP contribution in [0.4, 0.5) is 23.2 Å². The molecule has 0 bridgehead atoms. The van der Waals surface area contributed by atoms with E-state index in [1.807, 2.05) is 4.90 Å². The van der Waals surface area contributed by atoms with Gasteiger partial charge in [0.25, 0.3) is 0 Å². The van der Waals surface area contributed by atoms with Crippen molar-refractivity contribution in [3.63, 3.8) is 0 Å². The fourth-order valence-corrected chi connectivity index (χ4v) is 1.87. The third kappa shape index (κ3) is 7.87. The first-order chi connectivity index (χ1) is 9.92. The zero-order valence-electron chi connectivity index (χ0n) is 11.7. The van der Waals surface area contributed by atoms with E-state index in [-0.39, 0.29) is 12.4 Å². The van der Waals surface area contributed by atoms with Gasteiger partial charge in [-0.2, -0.15) is 13.2 Å². The van der Waals surface area contributed by atoms with Crippen molar-refractivity contribution in [2.24, 2.45) is 5.73 Å². The van der Waals surface area contributed by atoms with Gasteiger partial charge in [-0.15, -0.1) is 0 Å². The first-order valence-electron chi connectivity index (χ1n) is 6.77. The van der Waals surface area contributed by atoms with E-state index < -0.39 is 12.8 Å². The highest BCUT2D eigenvalue weighted by atomic mass is 19.4. The summed E-state index contributed by atoms with van der Waals surface area (Å²) in [6.07, 6.45) is -3.15.